The van der Waals surface area contributed by atoms with Crippen LogP contribution in [0.5, 0.6) is 0 Å². The van der Waals surface area contributed by atoms with Gasteiger partial charge in [0, 0.05) is 31.2 Å². The van der Waals surface area contributed by atoms with Gasteiger partial charge >= 0.3 is 11.9 Å². The molecule has 2 aromatic rings. The molecule has 3 amide bonds. The number of aromatic nitrogens is 2. The summed E-state index contributed by atoms with van der Waals surface area (Å²) in [4.78, 5) is 68.7. The molecule has 0 saturated heterocycles. The van der Waals surface area contributed by atoms with Gasteiger partial charge in [0.05, 0.1) is 12.4 Å². The molecule has 8 N–H and O–H groups in total. The van der Waals surface area contributed by atoms with Crippen molar-refractivity contribution in [2.24, 2.45) is 11.7 Å². The Morgan fingerprint density at radius 1 is 0.897 bits per heavy atom. The number of H-pyrrole nitrogens is 1. The lowest BCUT2D eigenvalue weighted by atomic mass is 10.0. The summed E-state index contributed by atoms with van der Waals surface area (Å²) in [7, 11) is 0. The number of carbonyl (C=O) groups excluding carboxylic acids is 3. The van der Waals surface area contributed by atoms with E-state index in [9.17, 15) is 29.1 Å². The maximum atomic E-state index is 13.4. The Hall–Kier alpha value is -4.26. The number of hydrogen-bond donors (Lipinski definition) is 7. The highest BCUT2D eigenvalue weighted by atomic mass is 16.4. The highest BCUT2D eigenvalue weighted by Crippen LogP contribution is 2.08. The second kappa shape index (κ2) is 15.2. The molecule has 4 atom stereocenters. The number of amides is 3. The third-order valence-electron chi connectivity index (χ3n) is 5.85. The van der Waals surface area contributed by atoms with Crippen molar-refractivity contribution < 1.29 is 34.2 Å². The molecule has 4 unspecified atom stereocenters. The SMILES string of the molecule is CC(C)CC(N)C(=O)NC(Cc1cnc[nH]1)C(=O)NC(Cc1ccccc1)C(=O)NC(CCC(=O)O)C(=O)O. The quantitative estimate of drug-likeness (QED) is 0.151. The number of imidazole rings is 1. The van der Waals surface area contributed by atoms with E-state index in [1.54, 1.807) is 30.3 Å². The van der Waals surface area contributed by atoms with E-state index in [-0.39, 0.29) is 25.2 Å². The lowest BCUT2D eigenvalue weighted by Gasteiger charge is -2.25. The number of aromatic amines is 1. The Morgan fingerprint density at radius 3 is 2.03 bits per heavy atom. The number of rotatable bonds is 16. The zero-order chi connectivity index (χ0) is 28.9. The van der Waals surface area contributed by atoms with Crippen LogP contribution in [-0.2, 0) is 36.8 Å². The molecule has 0 radical (unpaired) electrons. The fourth-order valence-electron chi connectivity index (χ4n) is 3.85. The van der Waals surface area contributed by atoms with Crippen LogP contribution in [0, 0.1) is 5.92 Å². The van der Waals surface area contributed by atoms with E-state index in [1.165, 1.54) is 12.5 Å². The molecule has 0 saturated carbocycles. The third-order valence-corrected chi connectivity index (χ3v) is 5.85. The van der Waals surface area contributed by atoms with Crippen LogP contribution in [0.25, 0.3) is 0 Å². The monoisotopic (exact) mass is 544 g/mol. The maximum absolute atomic E-state index is 13.4. The Morgan fingerprint density at radius 2 is 1.49 bits per heavy atom. The van der Waals surface area contributed by atoms with Crippen molar-refractivity contribution in [1.82, 2.24) is 25.9 Å². The molecule has 1 heterocycles. The minimum Gasteiger partial charge on any atom is -0.481 e. The average Bonchev–Trinajstić information content (AvgIpc) is 3.38. The summed E-state index contributed by atoms with van der Waals surface area (Å²) in [5.41, 5.74) is 7.24. The minimum absolute atomic E-state index is 0.0151. The second-order valence-electron chi connectivity index (χ2n) is 9.66. The molecule has 0 aliphatic rings. The molecule has 2 rings (SSSR count). The van der Waals surface area contributed by atoms with E-state index in [0.717, 1.165) is 0 Å². The van der Waals surface area contributed by atoms with Gasteiger partial charge in [0.25, 0.3) is 0 Å². The van der Waals surface area contributed by atoms with Crippen molar-refractivity contribution in [3.8, 4) is 0 Å². The van der Waals surface area contributed by atoms with Gasteiger partial charge in [-0.3, -0.25) is 19.2 Å². The molecular weight excluding hydrogens is 508 g/mol. The van der Waals surface area contributed by atoms with Gasteiger partial charge in [-0.15, -0.1) is 0 Å². The van der Waals surface area contributed by atoms with Crippen molar-refractivity contribution in [2.45, 2.75) is 70.1 Å². The summed E-state index contributed by atoms with van der Waals surface area (Å²) in [5, 5.41) is 26.0. The first-order chi connectivity index (χ1) is 18.5. The number of hydrogen-bond acceptors (Lipinski definition) is 7. The van der Waals surface area contributed by atoms with Crippen molar-refractivity contribution >= 4 is 29.7 Å². The van der Waals surface area contributed by atoms with Gasteiger partial charge in [-0.25, -0.2) is 9.78 Å². The average molecular weight is 545 g/mol. The van der Waals surface area contributed by atoms with Gasteiger partial charge in [0.15, 0.2) is 0 Å². The molecule has 0 bridgehead atoms. The molecule has 13 nitrogen and oxygen atoms in total. The summed E-state index contributed by atoms with van der Waals surface area (Å²) in [6, 6.07) is 4.07. The molecule has 1 aromatic carbocycles. The molecular formula is C26H36N6O7. The summed E-state index contributed by atoms with van der Waals surface area (Å²) in [6.07, 6.45) is 2.55. The molecule has 0 fully saturated rings. The Kier molecular flexibility index (Phi) is 12.1. The molecule has 1 aromatic heterocycles. The van der Waals surface area contributed by atoms with Crippen LogP contribution in [0.2, 0.25) is 0 Å². The molecule has 0 aliphatic carbocycles. The maximum Gasteiger partial charge on any atom is 0.326 e. The van der Waals surface area contributed by atoms with Crippen molar-refractivity contribution in [3.63, 3.8) is 0 Å². The van der Waals surface area contributed by atoms with Crippen LogP contribution in [0.4, 0.5) is 0 Å². The minimum atomic E-state index is -1.47. The van der Waals surface area contributed by atoms with Crippen LogP contribution in [0.15, 0.2) is 42.9 Å². The number of nitrogens with zero attached hydrogens (tertiary/aromatic N) is 1. The molecule has 212 valence electrons. The first-order valence-electron chi connectivity index (χ1n) is 12.6. The van der Waals surface area contributed by atoms with Gasteiger partial charge in [-0.1, -0.05) is 44.2 Å². The number of aliphatic carboxylic acids is 2. The summed E-state index contributed by atoms with van der Waals surface area (Å²) < 4.78 is 0. The van der Waals surface area contributed by atoms with Crippen LogP contribution in [0.3, 0.4) is 0 Å². The van der Waals surface area contributed by atoms with Crippen LogP contribution >= 0.6 is 0 Å². The van der Waals surface area contributed by atoms with Gasteiger partial charge in [-0.2, -0.15) is 0 Å². The number of carboxylic acids is 2. The van der Waals surface area contributed by atoms with E-state index in [1.807, 2.05) is 13.8 Å². The largest absolute Gasteiger partial charge is 0.481 e. The number of carbonyl (C=O) groups is 5. The Balaban J connectivity index is 2.26. The van der Waals surface area contributed by atoms with Crippen molar-refractivity contribution in [3.05, 3.63) is 54.1 Å². The molecule has 0 aliphatic heterocycles. The summed E-state index contributed by atoms with van der Waals surface area (Å²) in [5.74, 6) is -4.51. The van der Waals surface area contributed by atoms with E-state index in [0.29, 0.717) is 17.7 Å². The van der Waals surface area contributed by atoms with Gasteiger partial charge in [0.1, 0.15) is 18.1 Å². The van der Waals surface area contributed by atoms with Crippen LogP contribution in [0.1, 0.15) is 44.4 Å². The first kappa shape index (κ1) is 31.0. The third kappa shape index (κ3) is 10.9. The van der Waals surface area contributed by atoms with Gasteiger partial charge < -0.3 is 36.9 Å². The number of nitrogens with two attached hydrogens (primary N) is 1. The molecule has 13 heteroatoms. The predicted molar refractivity (Wildman–Crippen MR) is 140 cm³/mol. The first-order valence-corrected chi connectivity index (χ1v) is 12.6. The lowest BCUT2D eigenvalue weighted by Crippen LogP contribution is -2.58. The number of nitrogens with one attached hydrogen (secondary N) is 4. The fraction of sp³-hybridized carbons (Fsp3) is 0.462. The van der Waals surface area contributed by atoms with Crippen molar-refractivity contribution in [2.75, 3.05) is 0 Å². The zero-order valence-electron chi connectivity index (χ0n) is 21.9. The number of benzene rings is 1. The zero-order valence-corrected chi connectivity index (χ0v) is 21.9. The lowest BCUT2D eigenvalue weighted by molar-refractivity contribution is -0.143. The summed E-state index contributed by atoms with van der Waals surface area (Å²) >= 11 is 0. The normalized spacial score (nSPS) is 14.1. The van der Waals surface area contributed by atoms with Crippen LogP contribution < -0.4 is 21.7 Å². The van der Waals surface area contributed by atoms with E-state index in [2.05, 4.69) is 25.9 Å². The highest BCUT2D eigenvalue weighted by molar-refractivity contribution is 5.94. The predicted octanol–water partition coefficient (Wildman–Crippen LogP) is -0.0279. The summed E-state index contributed by atoms with van der Waals surface area (Å²) in [6.45, 7) is 3.82. The molecule has 39 heavy (non-hydrogen) atoms. The van der Waals surface area contributed by atoms with E-state index in [4.69, 9.17) is 10.8 Å². The van der Waals surface area contributed by atoms with Gasteiger partial charge in [-0.05, 0) is 24.3 Å². The highest BCUT2D eigenvalue weighted by Gasteiger charge is 2.31. The van der Waals surface area contributed by atoms with Crippen molar-refractivity contribution in [1.29, 1.82) is 0 Å². The fourth-order valence-corrected chi connectivity index (χ4v) is 3.85. The topological polar surface area (TPSA) is 217 Å². The van der Waals surface area contributed by atoms with Crippen LogP contribution in [-0.4, -0.2) is 74.0 Å². The number of carboxylic acid groups (broad SMARTS) is 2. The second-order valence-corrected chi connectivity index (χ2v) is 9.66. The standard InChI is InChI=1S/C26H36N6O7/c1-15(2)10-18(27)23(35)31-21(12-17-13-28-14-29-17)25(37)32-20(11-16-6-4-3-5-7-16)24(36)30-19(26(38)39)8-9-22(33)34/h3-7,13-15,18-21H,8-12,27H2,1-2H3,(H,28,29)(H,30,36)(H,31,35)(H,32,37)(H,33,34)(H,38,39). The van der Waals surface area contributed by atoms with E-state index >= 15 is 0 Å². The smallest absolute Gasteiger partial charge is 0.326 e. The molecule has 0 spiro atoms. The Bertz CT molecular complexity index is 1110. The van der Waals surface area contributed by atoms with E-state index < -0.39 is 60.2 Å². The van der Waals surface area contributed by atoms with Gasteiger partial charge in [0.2, 0.25) is 17.7 Å². The Labute approximate surface area is 226 Å².